The number of hydrogen-bond donors (Lipinski definition) is 0. The normalized spacial score (nSPS) is 18.8. The van der Waals surface area contributed by atoms with E-state index >= 15 is 0 Å². The highest BCUT2D eigenvalue weighted by Gasteiger charge is 2.23. The Labute approximate surface area is 173 Å². The fraction of sp³-hybridized carbons (Fsp3) is 0.478. The smallest absolute Gasteiger partial charge is 0.223 e. The molecule has 0 N–H and O–H groups in total. The van der Waals surface area contributed by atoms with Crippen LogP contribution in [-0.4, -0.2) is 84.5 Å². The number of amides is 1. The lowest BCUT2D eigenvalue weighted by Gasteiger charge is -2.37. The summed E-state index contributed by atoms with van der Waals surface area (Å²) in [4.78, 5) is 26.3. The maximum absolute atomic E-state index is 12.6. The molecule has 0 atom stereocenters. The molecule has 1 aromatic carbocycles. The summed E-state index contributed by atoms with van der Waals surface area (Å²) < 4.78 is 0. The van der Waals surface area contributed by atoms with Gasteiger partial charge < -0.3 is 14.7 Å². The van der Waals surface area contributed by atoms with Crippen molar-refractivity contribution in [2.45, 2.75) is 13.0 Å². The molecule has 0 saturated carbocycles. The van der Waals surface area contributed by atoms with Gasteiger partial charge in [-0.25, -0.2) is 4.98 Å². The highest BCUT2D eigenvalue weighted by atomic mass is 16.2. The Bertz CT molecular complexity index is 753. The van der Waals surface area contributed by atoms with Gasteiger partial charge in [-0.2, -0.15) is 0 Å². The second kappa shape index (κ2) is 9.85. The average molecular weight is 394 g/mol. The minimum atomic E-state index is 0.289. The molecule has 6 nitrogen and oxygen atoms in total. The Morgan fingerprint density at radius 3 is 2.17 bits per heavy atom. The van der Waals surface area contributed by atoms with Crippen LogP contribution >= 0.6 is 0 Å². The highest BCUT2D eigenvalue weighted by Crippen LogP contribution is 2.14. The van der Waals surface area contributed by atoms with E-state index < -0.39 is 0 Å². The van der Waals surface area contributed by atoms with Crippen LogP contribution in [-0.2, 0) is 11.3 Å². The van der Waals surface area contributed by atoms with E-state index in [0.29, 0.717) is 6.42 Å². The number of nitrogens with zero attached hydrogens (tertiary/aromatic N) is 5. The molecule has 154 valence electrons. The van der Waals surface area contributed by atoms with Gasteiger partial charge in [0.15, 0.2) is 0 Å². The van der Waals surface area contributed by atoms with Crippen LogP contribution in [0.25, 0.3) is 0 Å². The van der Waals surface area contributed by atoms with Gasteiger partial charge in [0.25, 0.3) is 0 Å². The zero-order valence-electron chi connectivity index (χ0n) is 17.1. The van der Waals surface area contributed by atoms with Gasteiger partial charge in [-0.15, -0.1) is 0 Å². The van der Waals surface area contributed by atoms with E-state index in [1.54, 1.807) is 0 Å². The number of anilines is 1. The Morgan fingerprint density at radius 1 is 0.793 bits per heavy atom. The van der Waals surface area contributed by atoms with Crippen LogP contribution in [0.15, 0.2) is 54.7 Å². The molecule has 0 unspecified atom stereocenters. The fourth-order valence-corrected chi connectivity index (χ4v) is 4.15. The molecule has 0 spiro atoms. The molecule has 0 radical (unpaired) electrons. The van der Waals surface area contributed by atoms with E-state index in [-0.39, 0.29) is 5.91 Å². The minimum absolute atomic E-state index is 0.289. The van der Waals surface area contributed by atoms with Crippen molar-refractivity contribution in [2.24, 2.45) is 0 Å². The zero-order valence-corrected chi connectivity index (χ0v) is 17.1. The quantitative estimate of drug-likeness (QED) is 0.750. The van der Waals surface area contributed by atoms with Crippen LogP contribution in [0, 0.1) is 0 Å². The first-order valence-electron chi connectivity index (χ1n) is 10.7. The Morgan fingerprint density at radius 2 is 1.48 bits per heavy atom. The third-order valence-corrected chi connectivity index (χ3v) is 5.96. The molecule has 4 rings (SSSR count). The SMILES string of the molecule is O=C(CCN1CCN(Cc2ccccc2)CC1)N1CCN(c2ccccn2)CC1. The van der Waals surface area contributed by atoms with Crippen molar-refractivity contribution in [1.29, 1.82) is 0 Å². The molecular formula is C23H31N5O. The first-order chi connectivity index (χ1) is 14.3. The average Bonchev–Trinajstić information content (AvgIpc) is 2.80. The maximum atomic E-state index is 12.6. The second-order valence-corrected chi connectivity index (χ2v) is 7.91. The van der Waals surface area contributed by atoms with E-state index in [9.17, 15) is 4.79 Å². The van der Waals surface area contributed by atoms with Crippen molar-refractivity contribution in [1.82, 2.24) is 19.7 Å². The molecule has 1 amide bonds. The monoisotopic (exact) mass is 393 g/mol. The van der Waals surface area contributed by atoms with Gasteiger partial charge >= 0.3 is 0 Å². The van der Waals surface area contributed by atoms with Gasteiger partial charge in [0.05, 0.1) is 0 Å². The summed E-state index contributed by atoms with van der Waals surface area (Å²) in [6.07, 6.45) is 2.45. The number of carbonyl (C=O) groups excluding carboxylic acids is 1. The van der Waals surface area contributed by atoms with Gasteiger partial charge in [-0.3, -0.25) is 9.69 Å². The van der Waals surface area contributed by atoms with Gasteiger partial charge in [-0.05, 0) is 17.7 Å². The number of piperazine rings is 2. The molecule has 29 heavy (non-hydrogen) atoms. The zero-order chi connectivity index (χ0) is 19.9. The van der Waals surface area contributed by atoms with Crippen molar-refractivity contribution in [3.05, 3.63) is 60.3 Å². The molecule has 3 heterocycles. The molecule has 2 saturated heterocycles. The largest absolute Gasteiger partial charge is 0.353 e. The molecule has 2 aliphatic rings. The number of benzene rings is 1. The summed E-state index contributed by atoms with van der Waals surface area (Å²) >= 11 is 0. The summed E-state index contributed by atoms with van der Waals surface area (Å²) in [5.74, 6) is 1.30. The van der Waals surface area contributed by atoms with Gasteiger partial charge in [0, 0.05) is 78.1 Å². The summed E-state index contributed by atoms with van der Waals surface area (Å²) in [5.41, 5.74) is 1.38. The molecule has 2 aromatic rings. The Balaban J connectivity index is 1.15. The third-order valence-electron chi connectivity index (χ3n) is 5.96. The van der Waals surface area contributed by atoms with Gasteiger partial charge in [0.2, 0.25) is 5.91 Å². The van der Waals surface area contributed by atoms with Crippen molar-refractivity contribution >= 4 is 11.7 Å². The van der Waals surface area contributed by atoms with Crippen molar-refractivity contribution in [3.8, 4) is 0 Å². The molecule has 2 fully saturated rings. The van der Waals surface area contributed by atoms with Crippen LogP contribution in [0.3, 0.4) is 0 Å². The van der Waals surface area contributed by atoms with Crippen LogP contribution < -0.4 is 4.90 Å². The molecular weight excluding hydrogens is 362 g/mol. The van der Waals surface area contributed by atoms with Crippen LogP contribution in [0.2, 0.25) is 0 Å². The van der Waals surface area contributed by atoms with E-state index in [2.05, 4.69) is 50.0 Å². The van der Waals surface area contributed by atoms with Gasteiger partial charge in [-0.1, -0.05) is 36.4 Å². The number of pyridine rings is 1. The number of rotatable bonds is 6. The minimum Gasteiger partial charge on any atom is -0.353 e. The van der Waals surface area contributed by atoms with Crippen molar-refractivity contribution < 1.29 is 4.79 Å². The van der Waals surface area contributed by atoms with E-state index in [1.165, 1.54) is 5.56 Å². The molecule has 1 aromatic heterocycles. The Hall–Kier alpha value is -2.44. The predicted molar refractivity (Wildman–Crippen MR) is 116 cm³/mol. The summed E-state index contributed by atoms with van der Waals surface area (Å²) in [6, 6.07) is 16.6. The summed E-state index contributed by atoms with van der Waals surface area (Å²) in [5, 5.41) is 0. The van der Waals surface area contributed by atoms with Gasteiger partial charge in [0.1, 0.15) is 5.82 Å². The standard InChI is InChI=1S/C23H31N5O/c29-23(28-18-16-27(17-19-28)22-8-4-5-10-24-22)9-11-25-12-14-26(15-13-25)20-21-6-2-1-3-7-21/h1-8,10H,9,11-20H2. The second-order valence-electron chi connectivity index (χ2n) is 7.91. The van der Waals surface area contributed by atoms with Crippen molar-refractivity contribution in [3.63, 3.8) is 0 Å². The van der Waals surface area contributed by atoms with E-state index in [4.69, 9.17) is 0 Å². The molecule has 0 bridgehead atoms. The molecule has 0 aliphatic carbocycles. The first kappa shape index (κ1) is 19.9. The van der Waals surface area contributed by atoms with Crippen molar-refractivity contribution in [2.75, 3.05) is 63.8 Å². The van der Waals surface area contributed by atoms with Crippen LogP contribution in [0.1, 0.15) is 12.0 Å². The highest BCUT2D eigenvalue weighted by molar-refractivity contribution is 5.76. The molecule has 6 heteroatoms. The van der Waals surface area contributed by atoms with Crippen LogP contribution in [0.5, 0.6) is 0 Å². The number of aromatic nitrogens is 1. The van der Waals surface area contributed by atoms with E-state index in [1.807, 2.05) is 29.3 Å². The fourth-order valence-electron chi connectivity index (χ4n) is 4.15. The van der Waals surface area contributed by atoms with Crippen LogP contribution in [0.4, 0.5) is 5.82 Å². The van der Waals surface area contributed by atoms with E-state index in [0.717, 1.165) is 71.3 Å². The number of hydrogen-bond acceptors (Lipinski definition) is 5. The predicted octanol–water partition coefficient (Wildman–Crippen LogP) is 1.94. The third kappa shape index (κ3) is 5.55. The lowest BCUT2D eigenvalue weighted by molar-refractivity contribution is -0.131. The maximum Gasteiger partial charge on any atom is 0.223 e. The first-order valence-corrected chi connectivity index (χ1v) is 10.7. The number of carbonyl (C=O) groups is 1. The Kier molecular flexibility index (Phi) is 6.75. The summed E-state index contributed by atoms with van der Waals surface area (Å²) in [7, 11) is 0. The lowest BCUT2D eigenvalue weighted by Crippen LogP contribution is -2.50. The summed E-state index contributed by atoms with van der Waals surface area (Å²) in [6.45, 7) is 9.45. The molecule has 2 aliphatic heterocycles. The topological polar surface area (TPSA) is 42.9 Å². The lowest BCUT2D eigenvalue weighted by atomic mass is 10.2.